The molecular formula is C20H21ClN4O2. The topological polar surface area (TPSA) is 68.1 Å². The molecule has 0 radical (unpaired) electrons. The molecule has 2 N–H and O–H groups in total. The summed E-state index contributed by atoms with van der Waals surface area (Å²) in [5, 5.41) is 6.27. The number of amides is 1. The minimum Gasteiger partial charge on any atom is -0.368 e. The molecule has 1 atom stereocenters. The molecule has 140 valence electrons. The first-order valence-electron chi connectivity index (χ1n) is 8.56. The number of para-hydroxylation sites is 2. The first-order valence-corrected chi connectivity index (χ1v) is 8.94. The van der Waals surface area contributed by atoms with E-state index in [1.54, 1.807) is 40.6 Å². The van der Waals surface area contributed by atoms with E-state index in [2.05, 4.69) is 10.6 Å². The first-order chi connectivity index (χ1) is 12.9. The third kappa shape index (κ3) is 3.75. The van der Waals surface area contributed by atoms with Crippen molar-refractivity contribution in [1.29, 1.82) is 0 Å². The molecule has 2 aromatic carbocycles. The summed E-state index contributed by atoms with van der Waals surface area (Å²) in [4.78, 5) is 25.4. The second-order valence-corrected chi connectivity index (χ2v) is 6.68. The minimum absolute atomic E-state index is 0.210. The van der Waals surface area contributed by atoms with Gasteiger partial charge in [0, 0.05) is 7.05 Å². The standard InChI is InChI=1S/C20H21ClN4O2/c1-13(19(26)23-17-12-8-7-11-16(17)21)22-18-14(2)24(3)25(20(18)27)15-9-5-4-6-10-15/h4-13,22H,1-3H3,(H,23,26). The number of rotatable bonds is 5. The Bertz CT molecular complexity index is 1020. The van der Waals surface area contributed by atoms with E-state index in [9.17, 15) is 9.59 Å². The Labute approximate surface area is 162 Å². The number of anilines is 2. The van der Waals surface area contributed by atoms with Crippen molar-refractivity contribution in [2.24, 2.45) is 7.05 Å². The van der Waals surface area contributed by atoms with E-state index >= 15 is 0 Å². The van der Waals surface area contributed by atoms with Gasteiger partial charge in [-0.25, -0.2) is 4.68 Å². The Balaban J connectivity index is 1.84. The van der Waals surface area contributed by atoms with Gasteiger partial charge in [0.25, 0.3) is 5.56 Å². The zero-order valence-electron chi connectivity index (χ0n) is 15.4. The van der Waals surface area contributed by atoms with Gasteiger partial charge in [0.15, 0.2) is 0 Å². The molecule has 0 aliphatic rings. The molecule has 1 unspecified atom stereocenters. The molecule has 0 saturated carbocycles. The Morgan fingerprint density at radius 1 is 1.07 bits per heavy atom. The molecule has 3 rings (SSSR count). The summed E-state index contributed by atoms with van der Waals surface area (Å²) in [7, 11) is 1.81. The highest BCUT2D eigenvalue weighted by Gasteiger charge is 2.21. The third-order valence-corrected chi connectivity index (χ3v) is 4.77. The number of hydrogen-bond donors (Lipinski definition) is 2. The number of carbonyl (C=O) groups is 1. The molecule has 0 saturated heterocycles. The summed E-state index contributed by atoms with van der Waals surface area (Å²) in [6.07, 6.45) is 0. The van der Waals surface area contributed by atoms with Crippen LogP contribution in [0, 0.1) is 6.92 Å². The average Bonchev–Trinajstić information content (AvgIpc) is 2.87. The van der Waals surface area contributed by atoms with Crippen LogP contribution in [0.1, 0.15) is 12.6 Å². The predicted octanol–water partition coefficient (Wildman–Crippen LogP) is 3.58. The number of nitrogens with one attached hydrogen (secondary N) is 2. The second kappa shape index (κ2) is 7.72. The van der Waals surface area contributed by atoms with Gasteiger partial charge in [-0.3, -0.25) is 14.3 Å². The van der Waals surface area contributed by atoms with E-state index in [0.29, 0.717) is 16.4 Å². The Morgan fingerprint density at radius 3 is 2.37 bits per heavy atom. The lowest BCUT2D eigenvalue weighted by Gasteiger charge is -2.15. The number of halogens is 1. The summed E-state index contributed by atoms with van der Waals surface area (Å²) < 4.78 is 3.33. The van der Waals surface area contributed by atoms with Crippen molar-refractivity contribution < 1.29 is 4.79 Å². The van der Waals surface area contributed by atoms with Gasteiger partial charge < -0.3 is 10.6 Å². The number of aromatic nitrogens is 2. The molecule has 1 aromatic heterocycles. The van der Waals surface area contributed by atoms with Gasteiger partial charge in [0.1, 0.15) is 11.7 Å². The van der Waals surface area contributed by atoms with Crippen molar-refractivity contribution in [1.82, 2.24) is 9.36 Å². The van der Waals surface area contributed by atoms with Gasteiger partial charge in [-0.05, 0) is 38.1 Å². The van der Waals surface area contributed by atoms with Crippen molar-refractivity contribution in [2.45, 2.75) is 19.9 Å². The van der Waals surface area contributed by atoms with Crippen LogP contribution in [0.25, 0.3) is 5.69 Å². The third-order valence-electron chi connectivity index (χ3n) is 4.44. The van der Waals surface area contributed by atoms with E-state index in [1.807, 2.05) is 44.3 Å². The van der Waals surface area contributed by atoms with Crippen LogP contribution in [-0.4, -0.2) is 21.3 Å². The van der Waals surface area contributed by atoms with Crippen LogP contribution in [0.15, 0.2) is 59.4 Å². The van der Waals surface area contributed by atoms with Gasteiger partial charge in [0.05, 0.1) is 22.1 Å². The van der Waals surface area contributed by atoms with Crippen molar-refractivity contribution in [3.63, 3.8) is 0 Å². The average molecular weight is 385 g/mol. The maximum atomic E-state index is 12.9. The van der Waals surface area contributed by atoms with Crippen LogP contribution in [0.3, 0.4) is 0 Å². The van der Waals surface area contributed by atoms with Gasteiger partial charge in [-0.15, -0.1) is 0 Å². The Hall–Kier alpha value is -2.99. The molecule has 6 nitrogen and oxygen atoms in total. The molecule has 0 bridgehead atoms. The lowest BCUT2D eigenvalue weighted by molar-refractivity contribution is -0.116. The van der Waals surface area contributed by atoms with Crippen molar-refractivity contribution in [3.05, 3.63) is 75.7 Å². The molecular weight excluding hydrogens is 364 g/mol. The lowest BCUT2D eigenvalue weighted by Crippen LogP contribution is -2.34. The van der Waals surface area contributed by atoms with Gasteiger partial charge in [-0.1, -0.05) is 41.9 Å². The molecule has 1 amide bonds. The van der Waals surface area contributed by atoms with Gasteiger partial charge in [-0.2, -0.15) is 0 Å². The van der Waals surface area contributed by atoms with E-state index < -0.39 is 6.04 Å². The van der Waals surface area contributed by atoms with E-state index in [0.717, 1.165) is 11.4 Å². The second-order valence-electron chi connectivity index (χ2n) is 6.27. The maximum Gasteiger partial charge on any atom is 0.295 e. The fourth-order valence-corrected chi connectivity index (χ4v) is 3.00. The largest absolute Gasteiger partial charge is 0.368 e. The highest BCUT2D eigenvalue weighted by atomic mass is 35.5. The zero-order valence-corrected chi connectivity index (χ0v) is 16.1. The number of carbonyl (C=O) groups excluding carboxylic acids is 1. The number of hydrogen-bond acceptors (Lipinski definition) is 3. The molecule has 27 heavy (non-hydrogen) atoms. The van der Waals surface area contributed by atoms with Crippen LogP contribution in [0.4, 0.5) is 11.4 Å². The zero-order chi connectivity index (χ0) is 19.6. The summed E-state index contributed by atoms with van der Waals surface area (Å²) in [6, 6.07) is 15.7. The highest BCUT2D eigenvalue weighted by molar-refractivity contribution is 6.33. The fraction of sp³-hybridized carbons (Fsp3) is 0.200. The highest BCUT2D eigenvalue weighted by Crippen LogP contribution is 2.21. The normalized spacial score (nSPS) is 11.9. The Morgan fingerprint density at radius 2 is 1.70 bits per heavy atom. The molecule has 0 aliphatic heterocycles. The monoisotopic (exact) mass is 384 g/mol. The molecule has 7 heteroatoms. The lowest BCUT2D eigenvalue weighted by atomic mass is 10.2. The van der Waals surface area contributed by atoms with Crippen LogP contribution in [0.5, 0.6) is 0 Å². The predicted molar refractivity (Wildman–Crippen MR) is 109 cm³/mol. The summed E-state index contributed by atoms with van der Waals surface area (Å²) in [5.74, 6) is -0.281. The molecule has 0 aliphatic carbocycles. The summed E-state index contributed by atoms with van der Waals surface area (Å²) >= 11 is 6.08. The number of nitrogens with zero attached hydrogens (tertiary/aromatic N) is 2. The summed E-state index contributed by atoms with van der Waals surface area (Å²) in [6.45, 7) is 3.53. The number of benzene rings is 2. The quantitative estimate of drug-likeness (QED) is 0.706. The SMILES string of the molecule is Cc1c(NC(C)C(=O)Nc2ccccc2Cl)c(=O)n(-c2ccccc2)n1C. The fourth-order valence-electron chi connectivity index (χ4n) is 2.82. The molecule has 0 fully saturated rings. The molecule has 3 aromatic rings. The summed E-state index contributed by atoms with van der Waals surface area (Å²) in [5.41, 5.74) is 2.21. The van der Waals surface area contributed by atoms with Gasteiger partial charge >= 0.3 is 0 Å². The smallest absolute Gasteiger partial charge is 0.295 e. The van der Waals surface area contributed by atoms with Crippen molar-refractivity contribution in [2.75, 3.05) is 10.6 Å². The van der Waals surface area contributed by atoms with Crippen molar-refractivity contribution >= 4 is 28.9 Å². The van der Waals surface area contributed by atoms with Crippen LogP contribution < -0.4 is 16.2 Å². The maximum absolute atomic E-state index is 12.9. The van der Waals surface area contributed by atoms with Crippen LogP contribution >= 0.6 is 11.6 Å². The molecule has 1 heterocycles. The first kappa shape index (κ1) is 18.8. The Kier molecular flexibility index (Phi) is 5.37. The van der Waals surface area contributed by atoms with Crippen LogP contribution in [0.2, 0.25) is 5.02 Å². The van der Waals surface area contributed by atoms with Crippen LogP contribution in [-0.2, 0) is 11.8 Å². The van der Waals surface area contributed by atoms with E-state index in [-0.39, 0.29) is 11.5 Å². The minimum atomic E-state index is -0.626. The molecule has 0 spiro atoms. The van der Waals surface area contributed by atoms with E-state index in [1.165, 1.54) is 0 Å². The van der Waals surface area contributed by atoms with E-state index in [4.69, 9.17) is 11.6 Å². The van der Waals surface area contributed by atoms with Crippen molar-refractivity contribution in [3.8, 4) is 5.69 Å². The van der Waals surface area contributed by atoms with Gasteiger partial charge in [0.2, 0.25) is 5.91 Å².